The summed E-state index contributed by atoms with van der Waals surface area (Å²) >= 11 is 0. The Kier molecular flexibility index (Phi) is 4.02. The van der Waals surface area contributed by atoms with Crippen LogP contribution in [0.15, 0.2) is 0 Å². The summed E-state index contributed by atoms with van der Waals surface area (Å²) in [5.41, 5.74) is 5.15. The fraction of sp³-hybridized carbons (Fsp3) is 0.889. The standard InChI is InChI=1S/C9H19N3O/c1-12(9(10)13)7-8-5-3-2-4-6-11-8/h8,11H,2-7H2,1H3,(H2,10,13). The van der Waals surface area contributed by atoms with E-state index >= 15 is 0 Å². The summed E-state index contributed by atoms with van der Waals surface area (Å²) in [7, 11) is 1.74. The van der Waals surface area contributed by atoms with Crippen molar-refractivity contribution in [2.45, 2.75) is 31.7 Å². The average molecular weight is 185 g/mol. The summed E-state index contributed by atoms with van der Waals surface area (Å²) in [5.74, 6) is 0. The number of nitrogens with one attached hydrogen (secondary N) is 1. The van der Waals surface area contributed by atoms with Gasteiger partial charge in [0.05, 0.1) is 0 Å². The number of urea groups is 1. The van der Waals surface area contributed by atoms with Gasteiger partial charge in [0.25, 0.3) is 0 Å². The van der Waals surface area contributed by atoms with Crippen LogP contribution >= 0.6 is 0 Å². The molecule has 1 heterocycles. The number of rotatable bonds is 2. The maximum atomic E-state index is 10.8. The Labute approximate surface area is 79.5 Å². The van der Waals surface area contributed by atoms with E-state index in [1.165, 1.54) is 19.3 Å². The smallest absolute Gasteiger partial charge is 0.314 e. The van der Waals surface area contributed by atoms with Gasteiger partial charge in [-0.2, -0.15) is 0 Å². The Balaban J connectivity index is 2.29. The van der Waals surface area contributed by atoms with Gasteiger partial charge < -0.3 is 16.0 Å². The molecule has 4 nitrogen and oxygen atoms in total. The van der Waals surface area contributed by atoms with E-state index in [0.29, 0.717) is 6.04 Å². The Hall–Kier alpha value is -0.770. The zero-order valence-corrected chi connectivity index (χ0v) is 8.25. The van der Waals surface area contributed by atoms with Crippen LogP contribution in [0.25, 0.3) is 0 Å². The van der Waals surface area contributed by atoms with Crippen LogP contribution in [0.3, 0.4) is 0 Å². The molecular weight excluding hydrogens is 166 g/mol. The largest absolute Gasteiger partial charge is 0.351 e. The summed E-state index contributed by atoms with van der Waals surface area (Å²) in [6, 6.07) is 0.0889. The molecular formula is C9H19N3O. The van der Waals surface area contributed by atoms with Crippen molar-refractivity contribution in [3.63, 3.8) is 0 Å². The summed E-state index contributed by atoms with van der Waals surface area (Å²) in [6.07, 6.45) is 4.95. The van der Waals surface area contributed by atoms with Gasteiger partial charge >= 0.3 is 6.03 Å². The summed E-state index contributed by atoms with van der Waals surface area (Å²) in [5, 5.41) is 3.42. The molecule has 1 atom stereocenters. The van der Waals surface area contributed by atoms with Crippen molar-refractivity contribution in [2.75, 3.05) is 20.1 Å². The number of primary amides is 1. The Morgan fingerprint density at radius 3 is 3.00 bits per heavy atom. The molecule has 0 aromatic carbocycles. The normalized spacial score (nSPS) is 23.6. The summed E-state index contributed by atoms with van der Waals surface area (Å²) in [6.45, 7) is 1.80. The second-order valence-corrected chi connectivity index (χ2v) is 3.72. The molecule has 1 aliphatic heterocycles. The lowest BCUT2D eigenvalue weighted by Crippen LogP contribution is -2.43. The highest BCUT2D eigenvalue weighted by molar-refractivity contribution is 5.71. The van der Waals surface area contributed by atoms with Crippen LogP contribution in [-0.4, -0.2) is 37.1 Å². The molecule has 76 valence electrons. The van der Waals surface area contributed by atoms with Crippen molar-refractivity contribution in [1.82, 2.24) is 10.2 Å². The molecule has 0 aliphatic carbocycles. The van der Waals surface area contributed by atoms with E-state index < -0.39 is 0 Å². The van der Waals surface area contributed by atoms with Crippen molar-refractivity contribution in [2.24, 2.45) is 5.73 Å². The molecule has 0 saturated carbocycles. The van der Waals surface area contributed by atoms with Gasteiger partial charge in [-0.15, -0.1) is 0 Å². The molecule has 13 heavy (non-hydrogen) atoms. The molecule has 0 aromatic rings. The van der Waals surface area contributed by atoms with Crippen molar-refractivity contribution in [1.29, 1.82) is 0 Å². The van der Waals surface area contributed by atoms with Crippen molar-refractivity contribution >= 4 is 6.03 Å². The summed E-state index contributed by atoms with van der Waals surface area (Å²) in [4.78, 5) is 12.4. The van der Waals surface area contributed by atoms with Crippen molar-refractivity contribution < 1.29 is 4.79 Å². The van der Waals surface area contributed by atoms with Crippen LogP contribution in [0.1, 0.15) is 25.7 Å². The van der Waals surface area contributed by atoms with E-state index in [1.807, 2.05) is 0 Å². The van der Waals surface area contributed by atoms with Gasteiger partial charge in [-0.1, -0.05) is 12.8 Å². The van der Waals surface area contributed by atoms with Crippen LogP contribution in [0.5, 0.6) is 0 Å². The van der Waals surface area contributed by atoms with Gasteiger partial charge in [0.15, 0.2) is 0 Å². The first-order valence-electron chi connectivity index (χ1n) is 4.94. The Morgan fingerprint density at radius 2 is 2.31 bits per heavy atom. The fourth-order valence-electron chi connectivity index (χ4n) is 1.68. The van der Waals surface area contributed by atoms with E-state index in [4.69, 9.17) is 5.73 Å². The quantitative estimate of drug-likeness (QED) is 0.659. The highest BCUT2D eigenvalue weighted by Gasteiger charge is 2.14. The van der Waals surface area contributed by atoms with Gasteiger partial charge in [-0.25, -0.2) is 4.79 Å². The molecule has 1 fully saturated rings. The van der Waals surface area contributed by atoms with Crippen LogP contribution in [-0.2, 0) is 0 Å². The predicted octanol–water partition coefficient (Wildman–Crippen LogP) is 0.529. The second kappa shape index (κ2) is 5.07. The highest BCUT2D eigenvalue weighted by atomic mass is 16.2. The minimum absolute atomic E-state index is 0.342. The number of carbonyl (C=O) groups is 1. The van der Waals surface area contributed by atoms with Gasteiger partial charge in [-0.3, -0.25) is 0 Å². The Morgan fingerprint density at radius 1 is 1.54 bits per heavy atom. The zero-order valence-electron chi connectivity index (χ0n) is 8.25. The topological polar surface area (TPSA) is 58.4 Å². The molecule has 1 aliphatic rings. The molecule has 1 rings (SSSR count). The number of likely N-dealkylation sites (N-methyl/N-ethyl adjacent to an activating group) is 1. The SMILES string of the molecule is CN(CC1CCCCCN1)C(N)=O. The molecule has 1 saturated heterocycles. The number of nitrogens with zero attached hydrogens (tertiary/aromatic N) is 1. The van der Waals surface area contributed by atoms with Gasteiger partial charge in [0, 0.05) is 19.6 Å². The first-order chi connectivity index (χ1) is 6.20. The second-order valence-electron chi connectivity index (χ2n) is 3.72. The lowest BCUT2D eigenvalue weighted by atomic mass is 10.1. The minimum atomic E-state index is -0.342. The molecule has 4 heteroatoms. The monoisotopic (exact) mass is 185 g/mol. The van der Waals surface area contributed by atoms with Crippen molar-refractivity contribution in [3.8, 4) is 0 Å². The van der Waals surface area contributed by atoms with Crippen LogP contribution in [0, 0.1) is 0 Å². The third-order valence-electron chi connectivity index (χ3n) is 2.53. The summed E-state index contributed by atoms with van der Waals surface area (Å²) < 4.78 is 0. The van der Waals surface area contributed by atoms with E-state index in [0.717, 1.165) is 19.5 Å². The zero-order chi connectivity index (χ0) is 9.68. The molecule has 1 unspecified atom stereocenters. The van der Waals surface area contributed by atoms with Gasteiger partial charge in [0.1, 0.15) is 0 Å². The maximum Gasteiger partial charge on any atom is 0.314 e. The number of amides is 2. The maximum absolute atomic E-state index is 10.8. The van der Waals surface area contributed by atoms with Crippen LogP contribution < -0.4 is 11.1 Å². The van der Waals surface area contributed by atoms with E-state index in [9.17, 15) is 4.79 Å². The first-order valence-corrected chi connectivity index (χ1v) is 4.94. The van der Waals surface area contributed by atoms with E-state index in [1.54, 1.807) is 11.9 Å². The van der Waals surface area contributed by atoms with Crippen molar-refractivity contribution in [3.05, 3.63) is 0 Å². The van der Waals surface area contributed by atoms with Gasteiger partial charge in [-0.05, 0) is 19.4 Å². The molecule has 3 N–H and O–H groups in total. The third-order valence-corrected chi connectivity index (χ3v) is 2.53. The molecule has 0 spiro atoms. The molecule has 2 amide bonds. The fourth-order valence-corrected chi connectivity index (χ4v) is 1.68. The number of hydrogen-bond acceptors (Lipinski definition) is 2. The average Bonchev–Trinajstić information content (AvgIpc) is 2.32. The van der Waals surface area contributed by atoms with E-state index in [2.05, 4.69) is 5.32 Å². The number of hydrogen-bond donors (Lipinski definition) is 2. The minimum Gasteiger partial charge on any atom is -0.351 e. The molecule has 0 aromatic heterocycles. The van der Waals surface area contributed by atoms with Gasteiger partial charge in [0.2, 0.25) is 0 Å². The third kappa shape index (κ3) is 3.63. The predicted molar refractivity (Wildman–Crippen MR) is 52.5 cm³/mol. The lowest BCUT2D eigenvalue weighted by Gasteiger charge is -2.22. The van der Waals surface area contributed by atoms with E-state index in [-0.39, 0.29) is 6.03 Å². The van der Waals surface area contributed by atoms with Crippen LogP contribution in [0.2, 0.25) is 0 Å². The lowest BCUT2D eigenvalue weighted by molar-refractivity contribution is 0.212. The molecule has 0 bridgehead atoms. The van der Waals surface area contributed by atoms with Crippen LogP contribution in [0.4, 0.5) is 4.79 Å². The number of nitrogens with two attached hydrogens (primary N) is 1. The molecule has 0 radical (unpaired) electrons. The number of carbonyl (C=O) groups excluding carboxylic acids is 1. The Bertz CT molecular complexity index is 164. The highest BCUT2D eigenvalue weighted by Crippen LogP contribution is 2.08. The first kappa shape index (κ1) is 10.3.